The van der Waals surface area contributed by atoms with E-state index in [4.69, 9.17) is 9.15 Å². The van der Waals surface area contributed by atoms with Crippen LogP contribution in [0.1, 0.15) is 17.3 Å². The van der Waals surface area contributed by atoms with Crippen LogP contribution in [0.5, 0.6) is 0 Å². The fourth-order valence-electron chi connectivity index (χ4n) is 3.54. The minimum absolute atomic E-state index is 0.170. The summed E-state index contributed by atoms with van der Waals surface area (Å²) in [4.78, 5) is 6.57. The van der Waals surface area contributed by atoms with Crippen molar-refractivity contribution in [2.45, 2.75) is 19.3 Å². The van der Waals surface area contributed by atoms with E-state index in [1.807, 2.05) is 19.3 Å². The maximum atomic E-state index is 5.75. The van der Waals surface area contributed by atoms with Crippen LogP contribution in [-0.4, -0.2) is 41.5 Å². The Balaban J connectivity index is 1.71. The van der Waals surface area contributed by atoms with Crippen molar-refractivity contribution < 1.29 is 9.15 Å². The van der Waals surface area contributed by atoms with Crippen LogP contribution in [0.2, 0.25) is 0 Å². The van der Waals surface area contributed by atoms with Crippen molar-refractivity contribution in [3.63, 3.8) is 0 Å². The third-order valence-corrected chi connectivity index (χ3v) is 4.66. The third kappa shape index (κ3) is 1.86. The molecule has 2 aliphatic rings. The van der Waals surface area contributed by atoms with Gasteiger partial charge in [0, 0.05) is 44.0 Å². The van der Waals surface area contributed by atoms with Gasteiger partial charge in [-0.25, -0.2) is 0 Å². The van der Waals surface area contributed by atoms with Gasteiger partial charge in [0.15, 0.2) is 0 Å². The molecule has 0 saturated carbocycles. The summed E-state index contributed by atoms with van der Waals surface area (Å²) in [6.07, 6.45) is 3.75. The second-order valence-electron chi connectivity index (χ2n) is 6.04. The first kappa shape index (κ1) is 12.8. The molecular formula is C15H18N4O2. The second-order valence-corrected chi connectivity index (χ2v) is 6.04. The van der Waals surface area contributed by atoms with Crippen molar-refractivity contribution in [3.05, 3.63) is 35.8 Å². The SMILES string of the molecule is Cc1nnc([C@@]23COC[C@@H]2CN(c2ccncc2C)C3)o1. The minimum Gasteiger partial charge on any atom is -0.425 e. The lowest BCUT2D eigenvalue weighted by Crippen LogP contribution is -2.36. The topological polar surface area (TPSA) is 64.3 Å². The van der Waals surface area contributed by atoms with Crippen LogP contribution in [-0.2, 0) is 10.2 Å². The minimum atomic E-state index is -0.170. The Morgan fingerprint density at radius 2 is 2.24 bits per heavy atom. The van der Waals surface area contributed by atoms with Gasteiger partial charge in [0.05, 0.1) is 18.6 Å². The third-order valence-electron chi connectivity index (χ3n) is 4.66. The predicted molar refractivity (Wildman–Crippen MR) is 76.2 cm³/mol. The lowest BCUT2D eigenvalue weighted by Gasteiger charge is -2.24. The molecule has 0 aliphatic carbocycles. The van der Waals surface area contributed by atoms with Crippen molar-refractivity contribution in [1.29, 1.82) is 0 Å². The molecule has 21 heavy (non-hydrogen) atoms. The summed E-state index contributed by atoms with van der Waals surface area (Å²) in [5.41, 5.74) is 2.25. The summed E-state index contributed by atoms with van der Waals surface area (Å²) in [7, 11) is 0. The van der Waals surface area contributed by atoms with Crippen LogP contribution in [0.25, 0.3) is 0 Å². The zero-order chi connectivity index (χ0) is 14.4. The Labute approximate surface area is 123 Å². The molecule has 0 aromatic carbocycles. The first-order valence-electron chi connectivity index (χ1n) is 7.23. The highest BCUT2D eigenvalue weighted by Gasteiger charge is 2.55. The first-order chi connectivity index (χ1) is 10.2. The molecule has 6 nitrogen and oxygen atoms in total. The van der Waals surface area contributed by atoms with E-state index in [2.05, 4.69) is 33.1 Å². The van der Waals surface area contributed by atoms with Crippen LogP contribution < -0.4 is 4.90 Å². The fraction of sp³-hybridized carbons (Fsp3) is 0.533. The first-order valence-corrected chi connectivity index (χ1v) is 7.23. The molecular weight excluding hydrogens is 268 g/mol. The molecule has 2 atom stereocenters. The van der Waals surface area contributed by atoms with Crippen molar-refractivity contribution in [2.75, 3.05) is 31.2 Å². The highest BCUT2D eigenvalue weighted by atomic mass is 16.5. The molecule has 4 heterocycles. The number of hydrogen-bond acceptors (Lipinski definition) is 6. The number of nitrogens with zero attached hydrogens (tertiary/aromatic N) is 4. The van der Waals surface area contributed by atoms with E-state index in [1.165, 1.54) is 11.3 Å². The maximum absolute atomic E-state index is 5.75. The summed E-state index contributed by atoms with van der Waals surface area (Å²) in [5, 5.41) is 8.28. The van der Waals surface area contributed by atoms with E-state index < -0.39 is 0 Å². The van der Waals surface area contributed by atoms with Gasteiger partial charge >= 0.3 is 0 Å². The molecule has 0 radical (unpaired) electrons. The monoisotopic (exact) mass is 286 g/mol. The van der Waals surface area contributed by atoms with Gasteiger partial charge in [-0.1, -0.05) is 0 Å². The number of hydrogen-bond donors (Lipinski definition) is 0. The molecule has 4 rings (SSSR count). The maximum Gasteiger partial charge on any atom is 0.227 e. The van der Waals surface area contributed by atoms with E-state index in [-0.39, 0.29) is 5.41 Å². The van der Waals surface area contributed by atoms with Crippen LogP contribution in [0.15, 0.2) is 22.9 Å². The zero-order valence-electron chi connectivity index (χ0n) is 12.2. The van der Waals surface area contributed by atoms with E-state index in [9.17, 15) is 0 Å². The number of anilines is 1. The van der Waals surface area contributed by atoms with E-state index in [0.717, 1.165) is 25.6 Å². The molecule has 6 heteroatoms. The van der Waals surface area contributed by atoms with E-state index in [1.54, 1.807) is 0 Å². The standard InChI is InChI=1S/C15H18N4O2/c1-10-5-16-4-3-13(10)19-6-12-7-20-9-15(12,8-19)14-18-17-11(2)21-14/h3-5,12H,6-9H2,1-2H3/t12-,15-/m0/s1. The number of ether oxygens (including phenoxy) is 1. The smallest absolute Gasteiger partial charge is 0.227 e. The number of fused-ring (bicyclic) bond motifs is 1. The molecule has 0 bridgehead atoms. The largest absolute Gasteiger partial charge is 0.425 e. The summed E-state index contributed by atoms with van der Waals surface area (Å²) < 4.78 is 11.5. The van der Waals surface area contributed by atoms with Crippen molar-refractivity contribution in [2.24, 2.45) is 5.92 Å². The molecule has 2 fully saturated rings. The van der Waals surface area contributed by atoms with E-state index >= 15 is 0 Å². The van der Waals surface area contributed by atoms with E-state index in [0.29, 0.717) is 18.4 Å². The summed E-state index contributed by atoms with van der Waals surface area (Å²) in [5.74, 6) is 1.73. The average Bonchev–Trinajstić information content (AvgIpc) is 3.12. The molecule has 110 valence electrons. The Hall–Kier alpha value is -1.95. The number of aryl methyl sites for hydroxylation is 2. The molecule has 2 aliphatic heterocycles. The normalized spacial score (nSPS) is 28.1. The summed E-state index contributed by atoms with van der Waals surface area (Å²) in [6, 6.07) is 2.07. The molecule has 0 unspecified atom stereocenters. The molecule has 2 aromatic rings. The van der Waals surface area contributed by atoms with Gasteiger partial charge in [-0.3, -0.25) is 4.98 Å². The van der Waals surface area contributed by atoms with Gasteiger partial charge in [-0.2, -0.15) is 0 Å². The van der Waals surface area contributed by atoms with Crippen LogP contribution in [0, 0.1) is 19.8 Å². The Kier molecular flexibility index (Phi) is 2.75. The number of aromatic nitrogens is 3. The van der Waals surface area contributed by atoms with Gasteiger partial charge in [-0.15, -0.1) is 10.2 Å². The average molecular weight is 286 g/mol. The Morgan fingerprint density at radius 3 is 3.00 bits per heavy atom. The summed E-state index contributed by atoms with van der Waals surface area (Å²) >= 11 is 0. The van der Waals surface area contributed by atoms with Gasteiger partial charge < -0.3 is 14.1 Å². The van der Waals surface area contributed by atoms with Crippen molar-refractivity contribution >= 4 is 5.69 Å². The van der Waals surface area contributed by atoms with Gasteiger partial charge in [0.1, 0.15) is 0 Å². The highest BCUT2D eigenvalue weighted by Crippen LogP contribution is 2.44. The zero-order valence-corrected chi connectivity index (χ0v) is 12.2. The molecule has 2 aromatic heterocycles. The highest BCUT2D eigenvalue weighted by molar-refractivity contribution is 5.54. The Morgan fingerprint density at radius 1 is 1.33 bits per heavy atom. The molecule has 0 spiro atoms. The van der Waals surface area contributed by atoms with Crippen LogP contribution >= 0.6 is 0 Å². The van der Waals surface area contributed by atoms with Crippen LogP contribution in [0.3, 0.4) is 0 Å². The quantitative estimate of drug-likeness (QED) is 0.833. The lowest BCUT2D eigenvalue weighted by molar-refractivity contribution is 0.166. The molecule has 0 N–H and O–H groups in total. The summed E-state index contributed by atoms with van der Waals surface area (Å²) in [6.45, 7) is 7.13. The predicted octanol–water partition coefficient (Wildman–Crippen LogP) is 1.49. The van der Waals surface area contributed by atoms with Gasteiger partial charge in [-0.05, 0) is 18.6 Å². The van der Waals surface area contributed by atoms with Gasteiger partial charge in [0.2, 0.25) is 11.8 Å². The molecule has 0 amide bonds. The Bertz CT molecular complexity index is 671. The number of rotatable bonds is 2. The lowest BCUT2D eigenvalue weighted by atomic mass is 9.81. The second kappa shape index (κ2) is 4.53. The number of pyridine rings is 1. The van der Waals surface area contributed by atoms with Crippen LogP contribution in [0.4, 0.5) is 5.69 Å². The van der Waals surface area contributed by atoms with Crippen molar-refractivity contribution in [3.8, 4) is 0 Å². The van der Waals surface area contributed by atoms with Crippen molar-refractivity contribution in [1.82, 2.24) is 15.2 Å². The molecule has 2 saturated heterocycles. The van der Waals surface area contributed by atoms with Gasteiger partial charge in [0.25, 0.3) is 0 Å². The fourth-order valence-corrected chi connectivity index (χ4v) is 3.54.